The third-order valence-electron chi connectivity index (χ3n) is 4.74. The number of carbonyl (C=O) groups excluding carboxylic acids is 1. The third-order valence-corrected chi connectivity index (χ3v) is 4.74. The van der Waals surface area contributed by atoms with Crippen molar-refractivity contribution in [2.45, 2.75) is 39.2 Å². The van der Waals surface area contributed by atoms with E-state index < -0.39 is 0 Å². The number of rotatable bonds is 6. The zero-order valence-corrected chi connectivity index (χ0v) is 16.0. The minimum atomic E-state index is 0. The Hall–Kier alpha value is -0.0700. The first-order chi connectivity index (χ1) is 10.1. The highest BCUT2D eigenvalue weighted by Crippen LogP contribution is 2.24. The molecular weight excluding hydrogens is 337 g/mol. The first kappa shape index (κ1) is 22.9. The van der Waals surface area contributed by atoms with Crippen LogP contribution in [0.15, 0.2) is 0 Å². The number of piperidine rings is 1. The first-order valence-corrected chi connectivity index (χ1v) is 8.45. The van der Waals surface area contributed by atoms with Crippen LogP contribution in [0.3, 0.4) is 0 Å². The third kappa shape index (κ3) is 8.54. The summed E-state index contributed by atoms with van der Waals surface area (Å²) in [5, 5.41) is 6.54. The molecule has 5 nitrogen and oxygen atoms in total. The van der Waals surface area contributed by atoms with Crippen LogP contribution in [0.5, 0.6) is 0 Å². The van der Waals surface area contributed by atoms with Crippen LogP contribution >= 0.6 is 24.8 Å². The van der Waals surface area contributed by atoms with Crippen LogP contribution in [0.4, 0.5) is 0 Å². The van der Waals surface area contributed by atoms with Crippen molar-refractivity contribution in [3.05, 3.63) is 0 Å². The molecule has 0 aromatic heterocycles. The maximum absolute atomic E-state index is 12.2. The van der Waals surface area contributed by atoms with Crippen molar-refractivity contribution in [1.82, 2.24) is 15.5 Å². The molecule has 7 heteroatoms. The lowest BCUT2D eigenvalue weighted by atomic mass is 9.84. The van der Waals surface area contributed by atoms with Gasteiger partial charge in [0.15, 0.2) is 0 Å². The van der Waals surface area contributed by atoms with Gasteiger partial charge in [0.05, 0.1) is 13.2 Å². The molecule has 1 amide bonds. The summed E-state index contributed by atoms with van der Waals surface area (Å²) in [4.78, 5) is 14.5. The monoisotopic (exact) mass is 369 g/mol. The predicted molar refractivity (Wildman–Crippen MR) is 98.7 cm³/mol. The van der Waals surface area contributed by atoms with Gasteiger partial charge in [-0.2, -0.15) is 0 Å². The van der Waals surface area contributed by atoms with E-state index in [1.807, 2.05) is 0 Å². The summed E-state index contributed by atoms with van der Waals surface area (Å²) in [6.07, 6.45) is 3.08. The van der Waals surface area contributed by atoms with E-state index in [9.17, 15) is 4.79 Å². The van der Waals surface area contributed by atoms with E-state index >= 15 is 0 Å². The van der Waals surface area contributed by atoms with Crippen LogP contribution in [0.25, 0.3) is 0 Å². The minimum Gasteiger partial charge on any atom is -0.379 e. The Balaban J connectivity index is 0.00000242. The molecule has 0 radical (unpaired) electrons. The molecule has 2 aliphatic rings. The summed E-state index contributed by atoms with van der Waals surface area (Å²) in [6, 6.07) is 0.218. The Morgan fingerprint density at radius 3 is 2.43 bits per heavy atom. The Kier molecular flexibility index (Phi) is 12.3. The molecule has 2 rings (SSSR count). The summed E-state index contributed by atoms with van der Waals surface area (Å²) < 4.78 is 5.35. The summed E-state index contributed by atoms with van der Waals surface area (Å²) in [5.41, 5.74) is 0. The number of halogens is 2. The van der Waals surface area contributed by atoms with Gasteiger partial charge in [-0.05, 0) is 44.7 Å². The first-order valence-electron chi connectivity index (χ1n) is 8.45. The number of nitrogens with one attached hydrogen (secondary N) is 2. The topological polar surface area (TPSA) is 53.6 Å². The fourth-order valence-electron chi connectivity index (χ4n) is 3.42. The molecule has 0 aromatic rings. The molecule has 2 atom stereocenters. The van der Waals surface area contributed by atoms with Crippen molar-refractivity contribution in [2.24, 2.45) is 11.8 Å². The molecule has 2 aliphatic heterocycles. The molecule has 0 aliphatic carbocycles. The lowest BCUT2D eigenvalue weighted by molar-refractivity contribution is -0.123. The van der Waals surface area contributed by atoms with Gasteiger partial charge in [-0.25, -0.2) is 0 Å². The van der Waals surface area contributed by atoms with Gasteiger partial charge in [0.1, 0.15) is 0 Å². The molecule has 2 heterocycles. The Morgan fingerprint density at radius 2 is 1.83 bits per heavy atom. The number of ether oxygens (including phenoxy) is 1. The standard InChI is InChI=1S/C16H31N3O2.2ClH/c1-13(15-3-5-17-6-4-15)11-16(20)18-14(2)12-19-7-9-21-10-8-19;;/h13-15,17H,3-12H2,1-2H3,(H,18,20);2*1H. The van der Waals surface area contributed by atoms with Crippen LogP contribution in [0.2, 0.25) is 0 Å². The molecule has 2 unspecified atom stereocenters. The molecule has 138 valence electrons. The highest BCUT2D eigenvalue weighted by Gasteiger charge is 2.23. The molecule has 2 saturated heterocycles. The van der Waals surface area contributed by atoms with Crippen molar-refractivity contribution in [3.63, 3.8) is 0 Å². The molecular formula is C16H33Cl2N3O2. The number of amides is 1. The van der Waals surface area contributed by atoms with Gasteiger partial charge in [-0.15, -0.1) is 24.8 Å². The second-order valence-electron chi connectivity index (χ2n) is 6.65. The van der Waals surface area contributed by atoms with E-state index in [1.54, 1.807) is 0 Å². The molecule has 0 bridgehead atoms. The van der Waals surface area contributed by atoms with Crippen molar-refractivity contribution in [2.75, 3.05) is 45.9 Å². The lowest BCUT2D eigenvalue weighted by Crippen LogP contribution is -2.46. The zero-order chi connectivity index (χ0) is 15.1. The van der Waals surface area contributed by atoms with Crippen LogP contribution < -0.4 is 10.6 Å². The van der Waals surface area contributed by atoms with E-state index in [2.05, 4.69) is 29.4 Å². The lowest BCUT2D eigenvalue weighted by Gasteiger charge is -2.30. The fraction of sp³-hybridized carbons (Fsp3) is 0.938. The van der Waals surface area contributed by atoms with Gasteiger partial charge in [0.25, 0.3) is 0 Å². The van der Waals surface area contributed by atoms with Crippen LogP contribution in [0.1, 0.15) is 33.1 Å². The number of carbonyl (C=O) groups is 1. The number of hydrogen-bond acceptors (Lipinski definition) is 4. The predicted octanol–water partition coefficient (Wildman–Crippen LogP) is 1.69. The van der Waals surface area contributed by atoms with Gasteiger partial charge in [0.2, 0.25) is 5.91 Å². The van der Waals surface area contributed by atoms with E-state index in [0.29, 0.717) is 18.3 Å². The Labute approximate surface area is 153 Å². The van der Waals surface area contributed by atoms with E-state index in [1.165, 1.54) is 12.8 Å². The van der Waals surface area contributed by atoms with Crippen molar-refractivity contribution in [3.8, 4) is 0 Å². The van der Waals surface area contributed by atoms with Gasteiger partial charge >= 0.3 is 0 Å². The van der Waals surface area contributed by atoms with Crippen molar-refractivity contribution < 1.29 is 9.53 Å². The fourth-order valence-corrected chi connectivity index (χ4v) is 3.42. The van der Waals surface area contributed by atoms with Crippen molar-refractivity contribution in [1.29, 1.82) is 0 Å². The van der Waals surface area contributed by atoms with Crippen LogP contribution in [-0.2, 0) is 9.53 Å². The van der Waals surface area contributed by atoms with E-state index in [0.717, 1.165) is 45.9 Å². The van der Waals surface area contributed by atoms with Crippen LogP contribution in [0, 0.1) is 11.8 Å². The molecule has 0 saturated carbocycles. The number of hydrogen-bond donors (Lipinski definition) is 2. The highest BCUT2D eigenvalue weighted by atomic mass is 35.5. The second-order valence-corrected chi connectivity index (χ2v) is 6.65. The van der Waals surface area contributed by atoms with Crippen LogP contribution in [-0.4, -0.2) is 62.8 Å². The van der Waals surface area contributed by atoms with Gasteiger partial charge in [0, 0.05) is 32.1 Å². The molecule has 0 spiro atoms. The summed E-state index contributed by atoms with van der Waals surface area (Å²) in [7, 11) is 0. The van der Waals surface area contributed by atoms with Crippen molar-refractivity contribution >= 4 is 30.7 Å². The highest BCUT2D eigenvalue weighted by molar-refractivity contribution is 5.85. The quantitative estimate of drug-likeness (QED) is 0.747. The smallest absolute Gasteiger partial charge is 0.220 e. The Morgan fingerprint density at radius 1 is 1.22 bits per heavy atom. The largest absolute Gasteiger partial charge is 0.379 e. The average molecular weight is 370 g/mol. The normalized spacial score (nSPS) is 22.3. The zero-order valence-electron chi connectivity index (χ0n) is 14.4. The minimum absolute atomic E-state index is 0. The molecule has 2 fully saturated rings. The maximum Gasteiger partial charge on any atom is 0.220 e. The Bertz CT molecular complexity index is 322. The maximum atomic E-state index is 12.2. The number of nitrogens with zero attached hydrogens (tertiary/aromatic N) is 1. The second kappa shape index (κ2) is 12.3. The van der Waals surface area contributed by atoms with Gasteiger partial charge in [-0.1, -0.05) is 6.92 Å². The molecule has 2 N–H and O–H groups in total. The van der Waals surface area contributed by atoms with Gasteiger partial charge < -0.3 is 15.4 Å². The molecule has 0 aromatic carbocycles. The molecule has 23 heavy (non-hydrogen) atoms. The summed E-state index contributed by atoms with van der Waals surface area (Å²) >= 11 is 0. The summed E-state index contributed by atoms with van der Waals surface area (Å²) in [6.45, 7) is 11.0. The van der Waals surface area contributed by atoms with E-state index in [4.69, 9.17) is 4.74 Å². The average Bonchev–Trinajstić information content (AvgIpc) is 2.48. The van der Waals surface area contributed by atoms with E-state index in [-0.39, 0.29) is 36.8 Å². The van der Waals surface area contributed by atoms with Gasteiger partial charge in [-0.3, -0.25) is 9.69 Å². The SMILES string of the molecule is CC(CN1CCOCC1)NC(=O)CC(C)C1CCNCC1.Cl.Cl. The number of morpholine rings is 1. The summed E-state index contributed by atoms with van der Waals surface area (Å²) in [5.74, 6) is 1.40.